The van der Waals surface area contributed by atoms with Crippen molar-refractivity contribution < 1.29 is 9.90 Å². The molecule has 0 saturated heterocycles. The van der Waals surface area contributed by atoms with Crippen molar-refractivity contribution in [2.75, 3.05) is 13.6 Å². The first-order valence-electron chi connectivity index (χ1n) is 6.14. The van der Waals surface area contributed by atoms with E-state index in [-0.39, 0.29) is 11.9 Å². The van der Waals surface area contributed by atoms with Gasteiger partial charge in [-0.3, -0.25) is 4.79 Å². The summed E-state index contributed by atoms with van der Waals surface area (Å²) in [6, 6.07) is -0.204. The van der Waals surface area contributed by atoms with Crippen LogP contribution >= 0.6 is 0 Å². The third kappa shape index (κ3) is 3.76. The molecule has 0 aromatic rings. The Labute approximate surface area is 97.8 Å². The van der Waals surface area contributed by atoms with Crippen molar-refractivity contribution in [1.29, 1.82) is 0 Å². The molecule has 3 N–H and O–H groups in total. The van der Waals surface area contributed by atoms with E-state index >= 15 is 0 Å². The van der Waals surface area contributed by atoms with Gasteiger partial charge in [-0.2, -0.15) is 0 Å². The second kappa shape index (κ2) is 5.64. The lowest BCUT2D eigenvalue weighted by Crippen LogP contribution is -2.49. The SMILES string of the molecule is CNC(C)C(=O)NCC1(O)CCCC(C)C1. The van der Waals surface area contributed by atoms with E-state index in [0.29, 0.717) is 12.5 Å². The molecule has 1 saturated carbocycles. The van der Waals surface area contributed by atoms with Crippen LogP contribution in [0.25, 0.3) is 0 Å². The van der Waals surface area contributed by atoms with E-state index < -0.39 is 5.60 Å². The van der Waals surface area contributed by atoms with E-state index in [1.807, 2.05) is 6.92 Å². The van der Waals surface area contributed by atoms with Gasteiger partial charge in [-0.25, -0.2) is 0 Å². The van der Waals surface area contributed by atoms with Gasteiger partial charge in [0.15, 0.2) is 0 Å². The normalized spacial score (nSPS) is 32.1. The molecule has 1 amide bonds. The largest absolute Gasteiger partial charge is 0.388 e. The van der Waals surface area contributed by atoms with Crippen LogP contribution in [0, 0.1) is 5.92 Å². The van der Waals surface area contributed by atoms with Crippen LogP contribution in [0.1, 0.15) is 39.5 Å². The van der Waals surface area contributed by atoms with Gasteiger partial charge in [0.05, 0.1) is 11.6 Å². The number of carbonyl (C=O) groups is 1. The first kappa shape index (κ1) is 13.5. The van der Waals surface area contributed by atoms with Gasteiger partial charge in [-0.15, -0.1) is 0 Å². The number of nitrogens with one attached hydrogen (secondary N) is 2. The first-order chi connectivity index (χ1) is 7.47. The molecule has 0 aromatic carbocycles. The molecule has 1 aliphatic carbocycles. The molecule has 0 bridgehead atoms. The summed E-state index contributed by atoms with van der Waals surface area (Å²) in [5.41, 5.74) is -0.694. The summed E-state index contributed by atoms with van der Waals surface area (Å²) in [5, 5.41) is 16.0. The summed E-state index contributed by atoms with van der Waals surface area (Å²) in [4.78, 5) is 11.6. The van der Waals surface area contributed by atoms with Crippen molar-refractivity contribution in [3.63, 3.8) is 0 Å². The fourth-order valence-corrected chi connectivity index (χ4v) is 2.33. The summed E-state index contributed by atoms with van der Waals surface area (Å²) in [7, 11) is 1.75. The Morgan fingerprint density at radius 1 is 1.62 bits per heavy atom. The second-order valence-electron chi connectivity index (χ2n) is 5.15. The molecular formula is C12H24N2O2. The van der Waals surface area contributed by atoms with E-state index in [2.05, 4.69) is 17.6 Å². The van der Waals surface area contributed by atoms with Crippen molar-refractivity contribution in [3.8, 4) is 0 Å². The molecule has 0 heterocycles. The Bertz CT molecular complexity index is 245. The van der Waals surface area contributed by atoms with E-state index in [4.69, 9.17) is 0 Å². The summed E-state index contributed by atoms with van der Waals surface area (Å²) in [5.74, 6) is 0.506. The molecule has 0 aliphatic heterocycles. The number of likely N-dealkylation sites (N-methyl/N-ethyl adjacent to an activating group) is 1. The Balaban J connectivity index is 2.38. The van der Waals surface area contributed by atoms with Crippen LogP contribution in [-0.4, -0.2) is 36.2 Å². The first-order valence-corrected chi connectivity index (χ1v) is 6.14. The van der Waals surface area contributed by atoms with Crippen LogP contribution in [-0.2, 0) is 4.79 Å². The number of rotatable bonds is 4. The number of carbonyl (C=O) groups excluding carboxylic acids is 1. The van der Waals surface area contributed by atoms with E-state index in [1.165, 1.54) is 6.42 Å². The van der Waals surface area contributed by atoms with Crippen LogP contribution in [0.4, 0.5) is 0 Å². The minimum absolute atomic E-state index is 0.0471. The lowest BCUT2D eigenvalue weighted by atomic mass is 9.79. The van der Waals surface area contributed by atoms with Crippen LogP contribution in [0.15, 0.2) is 0 Å². The van der Waals surface area contributed by atoms with Gasteiger partial charge in [0.25, 0.3) is 0 Å². The molecule has 3 atom stereocenters. The predicted molar refractivity (Wildman–Crippen MR) is 64.1 cm³/mol. The Hall–Kier alpha value is -0.610. The van der Waals surface area contributed by atoms with Gasteiger partial charge in [0.1, 0.15) is 0 Å². The molecule has 3 unspecified atom stereocenters. The standard InChI is InChI=1S/C12H24N2O2/c1-9-5-4-6-12(16,7-9)8-14-11(15)10(2)13-3/h9-10,13,16H,4-8H2,1-3H3,(H,14,15). The van der Waals surface area contributed by atoms with Gasteiger partial charge in [0, 0.05) is 6.54 Å². The summed E-state index contributed by atoms with van der Waals surface area (Å²) in [6.45, 7) is 4.34. The fourth-order valence-electron chi connectivity index (χ4n) is 2.33. The lowest BCUT2D eigenvalue weighted by molar-refractivity contribution is -0.124. The smallest absolute Gasteiger partial charge is 0.236 e. The van der Waals surface area contributed by atoms with Crippen LogP contribution in [0.5, 0.6) is 0 Å². The topological polar surface area (TPSA) is 61.4 Å². The van der Waals surface area contributed by atoms with Gasteiger partial charge in [-0.1, -0.05) is 19.8 Å². The van der Waals surface area contributed by atoms with Crippen molar-refractivity contribution >= 4 is 5.91 Å². The molecule has 4 nitrogen and oxygen atoms in total. The maximum Gasteiger partial charge on any atom is 0.236 e. The van der Waals surface area contributed by atoms with Crippen molar-refractivity contribution in [3.05, 3.63) is 0 Å². The molecule has 1 fully saturated rings. The average Bonchev–Trinajstić information content (AvgIpc) is 2.24. The summed E-state index contributed by atoms with van der Waals surface area (Å²) in [6.07, 6.45) is 3.82. The molecule has 0 aromatic heterocycles. The molecule has 1 rings (SSSR count). The number of hydrogen-bond acceptors (Lipinski definition) is 3. The number of amides is 1. The van der Waals surface area contributed by atoms with Crippen LogP contribution in [0.2, 0.25) is 0 Å². The highest BCUT2D eigenvalue weighted by Gasteiger charge is 2.33. The third-order valence-corrected chi connectivity index (χ3v) is 3.49. The second-order valence-corrected chi connectivity index (χ2v) is 5.15. The van der Waals surface area contributed by atoms with E-state index in [9.17, 15) is 9.90 Å². The van der Waals surface area contributed by atoms with Gasteiger partial charge < -0.3 is 15.7 Å². The van der Waals surface area contributed by atoms with Crippen molar-refractivity contribution in [2.45, 2.75) is 51.2 Å². The van der Waals surface area contributed by atoms with Gasteiger partial charge in [0.2, 0.25) is 5.91 Å². The lowest BCUT2D eigenvalue weighted by Gasteiger charge is -2.35. The molecule has 1 aliphatic rings. The highest BCUT2D eigenvalue weighted by molar-refractivity contribution is 5.81. The Morgan fingerprint density at radius 2 is 2.31 bits per heavy atom. The summed E-state index contributed by atoms with van der Waals surface area (Å²) >= 11 is 0. The Morgan fingerprint density at radius 3 is 2.88 bits per heavy atom. The molecule has 0 spiro atoms. The van der Waals surface area contributed by atoms with E-state index in [1.54, 1.807) is 7.05 Å². The fraction of sp³-hybridized carbons (Fsp3) is 0.917. The zero-order valence-electron chi connectivity index (χ0n) is 10.5. The third-order valence-electron chi connectivity index (χ3n) is 3.49. The highest BCUT2D eigenvalue weighted by Crippen LogP contribution is 2.31. The van der Waals surface area contributed by atoms with Gasteiger partial charge >= 0.3 is 0 Å². The maximum atomic E-state index is 11.6. The molecule has 94 valence electrons. The molecule has 16 heavy (non-hydrogen) atoms. The van der Waals surface area contributed by atoms with Crippen molar-refractivity contribution in [2.24, 2.45) is 5.92 Å². The van der Waals surface area contributed by atoms with E-state index in [0.717, 1.165) is 19.3 Å². The number of aliphatic hydroxyl groups is 1. The minimum atomic E-state index is -0.694. The maximum absolute atomic E-state index is 11.6. The monoisotopic (exact) mass is 228 g/mol. The zero-order valence-corrected chi connectivity index (χ0v) is 10.5. The Kier molecular flexibility index (Phi) is 4.74. The minimum Gasteiger partial charge on any atom is -0.388 e. The predicted octanol–water partition coefficient (Wildman–Crippen LogP) is 0.652. The quantitative estimate of drug-likeness (QED) is 0.662. The number of hydrogen-bond donors (Lipinski definition) is 3. The van der Waals surface area contributed by atoms with Crippen LogP contribution < -0.4 is 10.6 Å². The highest BCUT2D eigenvalue weighted by atomic mass is 16.3. The zero-order chi connectivity index (χ0) is 12.2. The molecule has 4 heteroatoms. The molecule has 0 radical (unpaired) electrons. The van der Waals surface area contributed by atoms with Crippen LogP contribution in [0.3, 0.4) is 0 Å². The average molecular weight is 228 g/mol. The van der Waals surface area contributed by atoms with Gasteiger partial charge in [-0.05, 0) is 32.7 Å². The molecular weight excluding hydrogens is 204 g/mol. The summed E-state index contributed by atoms with van der Waals surface area (Å²) < 4.78 is 0. The van der Waals surface area contributed by atoms with Crippen molar-refractivity contribution in [1.82, 2.24) is 10.6 Å².